The fraction of sp³-hybridized carbons (Fsp3) is 0.500. The van der Waals surface area contributed by atoms with Crippen LogP contribution in [0.4, 0.5) is 4.39 Å². The Labute approximate surface area is 129 Å². The second-order valence-electron chi connectivity index (χ2n) is 6.40. The van der Waals surface area contributed by atoms with E-state index in [0.29, 0.717) is 24.7 Å². The number of rotatable bonds is 1. The fourth-order valence-electron chi connectivity index (χ4n) is 3.80. The molecule has 1 aromatic carbocycles. The summed E-state index contributed by atoms with van der Waals surface area (Å²) in [5.74, 6) is -0.0798. The van der Waals surface area contributed by atoms with Gasteiger partial charge in [-0.05, 0) is 55.0 Å². The van der Waals surface area contributed by atoms with Crippen molar-refractivity contribution < 1.29 is 13.9 Å². The van der Waals surface area contributed by atoms with E-state index in [-0.39, 0.29) is 11.6 Å². The first-order chi connectivity index (χ1) is 10.7. The second kappa shape index (κ2) is 5.28. The highest BCUT2D eigenvalue weighted by molar-refractivity contribution is 5.83. The Morgan fingerprint density at radius 1 is 1.18 bits per heavy atom. The lowest BCUT2D eigenvalue weighted by Crippen LogP contribution is -2.34. The summed E-state index contributed by atoms with van der Waals surface area (Å²) in [7, 11) is 0. The number of ether oxygens (including phenoxy) is 2. The Morgan fingerprint density at radius 2 is 1.91 bits per heavy atom. The van der Waals surface area contributed by atoms with E-state index < -0.39 is 0 Å². The molecule has 3 nitrogen and oxygen atoms in total. The van der Waals surface area contributed by atoms with E-state index >= 15 is 0 Å². The van der Waals surface area contributed by atoms with Gasteiger partial charge in [0.2, 0.25) is 0 Å². The van der Waals surface area contributed by atoms with Crippen LogP contribution in [0.15, 0.2) is 24.4 Å². The quantitative estimate of drug-likeness (QED) is 0.795. The molecule has 4 heteroatoms. The smallest absolute Gasteiger partial charge is 0.168 e. The summed E-state index contributed by atoms with van der Waals surface area (Å²) < 4.78 is 25.6. The molecule has 0 radical (unpaired) electrons. The van der Waals surface area contributed by atoms with E-state index in [1.165, 1.54) is 5.56 Å². The Hall–Kier alpha value is -1.52. The molecular formula is C18H20FNO2. The summed E-state index contributed by atoms with van der Waals surface area (Å²) in [5.41, 5.74) is 2.73. The molecule has 0 unspecified atom stereocenters. The zero-order valence-corrected chi connectivity index (χ0v) is 12.8. The molecule has 1 aliphatic heterocycles. The summed E-state index contributed by atoms with van der Waals surface area (Å²) in [6.45, 7) is 3.18. The average molecular weight is 301 g/mol. The van der Waals surface area contributed by atoms with Crippen molar-refractivity contribution in [1.82, 2.24) is 4.98 Å². The number of aromatic nitrogens is 1. The van der Waals surface area contributed by atoms with Crippen molar-refractivity contribution >= 4 is 10.9 Å². The molecule has 4 rings (SSSR count). The Kier molecular flexibility index (Phi) is 3.39. The van der Waals surface area contributed by atoms with Gasteiger partial charge in [0.25, 0.3) is 0 Å². The van der Waals surface area contributed by atoms with Gasteiger partial charge in [-0.1, -0.05) is 0 Å². The fourth-order valence-corrected chi connectivity index (χ4v) is 3.80. The van der Waals surface area contributed by atoms with Gasteiger partial charge in [-0.25, -0.2) is 4.39 Å². The van der Waals surface area contributed by atoms with Gasteiger partial charge in [0.15, 0.2) is 5.79 Å². The van der Waals surface area contributed by atoms with Crippen molar-refractivity contribution in [2.75, 3.05) is 13.2 Å². The van der Waals surface area contributed by atoms with Crippen LogP contribution in [0.1, 0.15) is 42.7 Å². The van der Waals surface area contributed by atoms with E-state index in [1.807, 2.05) is 18.3 Å². The topological polar surface area (TPSA) is 31.4 Å². The lowest BCUT2D eigenvalue weighted by atomic mass is 9.80. The van der Waals surface area contributed by atoms with Gasteiger partial charge in [-0.15, -0.1) is 0 Å². The molecule has 1 saturated heterocycles. The number of hydrogen-bond donors (Lipinski definition) is 0. The van der Waals surface area contributed by atoms with E-state index in [1.54, 1.807) is 13.0 Å². The molecule has 2 heterocycles. The van der Waals surface area contributed by atoms with Crippen molar-refractivity contribution in [1.29, 1.82) is 0 Å². The van der Waals surface area contributed by atoms with E-state index in [0.717, 1.165) is 36.6 Å². The number of pyridine rings is 1. The lowest BCUT2D eigenvalue weighted by molar-refractivity contribution is -0.178. The van der Waals surface area contributed by atoms with E-state index in [4.69, 9.17) is 9.47 Å². The molecule has 116 valence electrons. The number of aryl methyl sites for hydroxylation is 1. The molecule has 22 heavy (non-hydrogen) atoms. The van der Waals surface area contributed by atoms with Crippen molar-refractivity contribution in [3.05, 3.63) is 41.3 Å². The Morgan fingerprint density at radius 3 is 2.64 bits per heavy atom. The van der Waals surface area contributed by atoms with Gasteiger partial charge in [0.05, 0.1) is 18.7 Å². The molecule has 0 amide bonds. The first-order valence-corrected chi connectivity index (χ1v) is 8.00. The van der Waals surface area contributed by atoms with Gasteiger partial charge < -0.3 is 9.47 Å². The summed E-state index contributed by atoms with van der Waals surface area (Å²) in [4.78, 5) is 4.39. The number of hydrogen-bond acceptors (Lipinski definition) is 3. The molecule has 0 bridgehead atoms. The van der Waals surface area contributed by atoms with Crippen LogP contribution >= 0.6 is 0 Å². The van der Waals surface area contributed by atoms with Crippen LogP contribution in [-0.2, 0) is 9.47 Å². The van der Waals surface area contributed by atoms with Gasteiger partial charge in [-0.3, -0.25) is 4.98 Å². The predicted octanol–water partition coefficient (Wildman–Crippen LogP) is 4.08. The third kappa shape index (κ3) is 2.31. The summed E-state index contributed by atoms with van der Waals surface area (Å²) in [5, 5.41) is 0.944. The number of benzene rings is 1. The SMILES string of the molecule is Cc1cc2nccc(C3CCC4(CC3)OCCO4)c2cc1F. The molecule has 1 aromatic heterocycles. The maximum Gasteiger partial charge on any atom is 0.168 e. The molecule has 2 fully saturated rings. The number of fused-ring (bicyclic) bond motifs is 1. The number of nitrogens with zero attached hydrogens (tertiary/aromatic N) is 1. The van der Waals surface area contributed by atoms with Crippen molar-refractivity contribution in [2.45, 2.75) is 44.3 Å². The van der Waals surface area contributed by atoms with Crippen molar-refractivity contribution in [3.8, 4) is 0 Å². The maximum atomic E-state index is 14.0. The molecule has 2 aromatic rings. The van der Waals surface area contributed by atoms with Crippen LogP contribution < -0.4 is 0 Å². The first-order valence-electron chi connectivity index (χ1n) is 8.00. The molecule has 2 aliphatic rings. The van der Waals surface area contributed by atoms with Crippen LogP contribution in [-0.4, -0.2) is 24.0 Å². The Balaban J connectivity index is 1.66. The average Bonchev–Trinajstić information content (AvgIpc) is 2.97. The highest BCUT2D eigenvalue weighted by Gasteiger charge is 2.40. The van der Waals surface area contributed by atoms with E-state index in [9.17, 15) is 4.39 Å². The van der Waals surface area contributed by atoms with Crippen LogP contribution in [0.3, 0.4) is 0 Å². The summed E-state index contributed by atoms with van der Waals surface area (Å²) >= 11 is 0. The minimum Gasteiger partial charge on any atom is -0.348 e. The third-order valence-corrected chi connectivity index (χ3v) is 5.06. The monoisotopic (exact) mass is 301 g/mol. The zero-order chi connectivity index (χ0) is 15.2. The largest absolute Gasteiger partial charge is 0.348 e. The summed E-state index contributed by atoms with van der Waals surface area (Å²) in [6.07, 6.45) is 5.68. The molecule has 1 spiro atoms. The minimum atomic E-state index is -0.346. The molecule has 0 N–H and O–H groups in total. The molecule has 1 saturated carbocycles. The second-order valence-corrected chi connectivity index (χ2v) is 6.40. The van der Waals surface area contributed by atoms with Crippen molar-refractivity contribution in [2.24, 2.45) is 0 Å². The normalized spacial score (nSPS) is 21.7. The highest BCUT2D eigenvalue weighted by Crippen LogP contribution is 2.43. The van der Waals surface area contributed by atoms with Gasteiger partial charge in [0.1, 0.15) is 5.82 Å². The third-order valence-electron chi connectivity index (χ3n) is 5.06. The number of halogens is 1. The molecule has 0 atom stereocenters. The minimum absolute atomic E-state index is 0.156. The van der Waals surface area contributed by atoms with E-state index in [2.05, 4.69) is 4.98 Å². The highest BCUT2D eigenvalue weighted by atomic mass is 19.1. The lowest BCUT2D eigenvalue weighted by Gasteiger charge is -2.35. The first kappa shape index (κ1) is 14.1. The van der Waals surface area contributed by atoms with Gasteiger partial charge >= 0.3 is 0 Å². The predicted molar refractivity (Wildman–Crippen MR) is 82.3 cm³/mol. The molecular weight excluding hydrogens is 281 g/mol. The maximum absolute atomic E-state index is 14.0. The van der Waals surface area contributed by atoms with Crippen LogP contribution in [0.5, 0.6) is 0 Å². The summed E-state index contributed by atoms with van der Waals surface area (Å²) in [6, 6.07) is 5.51. The van der Waals surface area contributed by atoms with Crippen LogP contribution in [0, 0.1) is 12.7 Å². The van der Waals surface area contributed by atoms with Crippen LogP contribution in [0.2, 0.25) is 0 Å². The van der Waals surface area contributed by atoms with Gasteiger partial charge in [0, 0.05) is 24.4 Å². The van der Waals surface area contributed by atoms with Crippen LogP contribution in [0.25, 0.3) is 10.9 Å². The zero-order valence-electron chi connectivity index (χ0n) is 12.8. The van der Waals surface area contributed by atoms with Crippen molar-refractivity contribution in [3.63, 3.8) is 0 Å². The van der Waals surface area contributed by atoms with Gasteiger partial charge in [-0.2, -0.15) is 0 Å². The Bertz CT molecular complexity index is 700. The molecule has 1 aliphatic carbocycles. The standard InChI is InChI=1S/C18H20FNO2/c1-12-10-17-15(11-16(12)19)14(4-7-20-17)13-2-5-18(6-3-13)21-8-9-22-18/h4,7,10-11,13H,2-3,5-6,8-9H2,1H3.